The van der Waals surface area contributed by atoms with Gasteiger partial charge in [0, 0.05) is 25.1 Å². The summed E-state index contributed by atoms with van der Waals surface area (Å²) in [6.07, 6.45) is 7.22. The Kier molecular flexibility index (Phi) is 3.49. The largest absolute Gasteiger partial charge is 0.397 e. The van der Waals surface area contributed by atoms with Gasteiger partial charge >= 0.3 is 0 Å². The Morgan fingerprint density at radius 3 is 3.04 bits per heavy atom. The number of hydrogen-bond donors (Lipinski definition) is 2. The number of thiazole rings is 1. The molecule has 9 nitrogen and oxygen atoms in total. The normalized spacial score (nSPS) is 11.9. The monoisotopic (exact) mass is 381 g/mol. The molecule has 0 unspecified atom stereocenters. The van der Waals surface area contributed by atoms with Gasteiger partial charge in [0.25, 0.3) is 5.56 Å². The Balaban J connectivity index is 1.67. The molecule has 5 heterocycles. The summed E-state index contributed by atoms with van der Waals surface area (Å²) in [4.78, 5) is 21.6. The molecule has 5 rings (SSSR count). The summed E-state index contributed by atoms with van der Waals surface area (Å²) in [5.41, 5.74) is 8.80. The Bertz CT molecular complexity index is 1360. The zero-order chi connectivity index (χ0) is 18.5. The molecule has 27 heavy (non-hydrogen) atoms. The van der Waals surface area contributed by atoms with Gasteiger partial charge in [0.1, 0.15) is 21.3 Å². The van der Waals surface area contributed by atoms with E-state index >= 15 is 0 Å². The Morgan fingerprint density at radius 2 is 2.19 bits per heavy atom. The lowest BCUT2D eigenvalue weighted by molar-refractivity contribution is 0.183. The number of nitrogens with two attached hydrogens (primary N) is 1. The van der Waals surface area contributed by atoms with Gasteiger partial charge in [0.2, 0.25) is 0 Å². The highest BCUT2D eigenvalue weighted by Gasteiger charge is 2.17. The summed E-state index contributed by atoms with van der Waals surface area (Å²) < 4.78 is 8.63. The van der Waals surface area contributed by atoms with E-state index in [1.165, 1.54) is 11.3 Å². The first-order valence-electron chi connectivity index (χ1n) is 8.25. The van der Waals surface area contributed by atoms with Crippen molar-refractivity contribution in [2.45, 2.75) is 6.54 Å². The first-order chi connectivity index (χ1) is 13.1. The van der Waals surface area contributed by atoms with Crippen molar-refractivity contribution in [2.75, 3.05) is 19.5 Å². The first-order valence-corrected chi connectivity index (χ1v) is 9.07. The van der Waals surface area contributed by atoms with E-state index in [0.29, 0.717) is 40.8 Å². The highest BCUT2D eigenvalue weighted by atomic mass is 32.1. The first kappa shape index (κ1) is 16.0. The van der Waals surface area contributed by atoms with E-state index in [4.69, 9.17) is 10.5 Å². The molecule has 5 aromatic heterocycles. The summed E-state index contributed by atoms with van der Waals surface area (Å²) >= 11 is 1.49. The van der Waals surface area contributed by atoms with Gasteiger partial charge < -0.3 is 15.5 Å². The lowest BCUT2D eigenvalue weighted by Crippen LogP contribution is -2.06. The summed E-state index contributed by atoms with van der Waals surface area (Å²) in [5.74, 6) is 0. The van der Waals surface area contributed by atoms with Crippen molar-refractivity contribution < 1.29 is 4.74 Å². The molecule has 0 atom stereocenters. The van der Waals surface area contributed by atoms with Gasteiger partial charge in [-0.2, -0.15) is 10.2 Å². The SMILES string of the molecule is COCCn1cc(-c2cn3nc4c5ncc(N)cc5[nH]c(=O)c4c3s2)cn1. The average molecular weight is 381 g/mol. The number of nitrogens with zero attached hydrogens (tertiary/aromatic N) is 5. The minimum Gasteiger partial charge on any atom is -0.397 e. The molecule has 0 aliphatic carbocycles. The van der Waals surface area contributed by atoms with Crippen molar-refractivity contribution in [1.82, 2.24) is 29.4 Å². The van der Waals surface area contributed by atoms with Crippen LogP contribution < -0.4 is 11.3 Å². The lowest BCUT2D eigenvalue weighted by Gasteiger charge is -1.99. The lowest BCUT2D eigenvalue weighted by atomic mass is 10.2. The van der Waals surface area contributed by atoms with E-state index in [0.717, 1.165) is 15.3 Å². The van der Waals surface area contributed by atoms with Crippen LogP contribution in [0.4, 0.5) is 5.69 Å². The molecule has 5 aromatic rings. The number of H-pyrrole nitrogens is 1. The fraction of sp³-hybridized carbons (Fsp3) is 0.176. The maximum atomic E-state index is 12.6. The maximum absolute atomic E-state index is 12.6. The topological polar surface area (TPSA) is 116 Å². The molecule has 0 radical (unpaired) electrons. The maximum Gasteiger partial charge on any atom is 0.261 e. The predicted octanol–water partition coefficient (Wildman–Crippen LogP) is 1.88. The number of rotatable bonds is 4. The highest BCUT2D eigenvalue weighted by Crippen LogP contribution is 2.33. The molecule has 3 N–H and O–H groups in total. The van der Waals surface area contributed by atoms with Crippen molar-refractivity contribution in [3.8, 4) is 10.4 Å². The summed E-state index contributed by atoms with van der Waals surface area (Å²) in [6, 6.07) is 1.69. The molecule has 0 aliphatic heterocycles. The van der Waals surface area contributed by atoms with Gasteiger partial charge in [-0.05, 0) is 6.07 Å². The number of anilines is 1. The number of aromatic nitrogens is 6. The van der Waals surface area contributed by atoms with Crippen molar-refractivity contribution in [3.05, 3.63) is 41.2 Å². The second-order valence-corrected chi connectivity index (χ2v) is 7.20. The van der Waals surface area contributed by atoms with E-state index < -0.39 is 0 Å². The number of pyridine rings is 2. The second-order valence-electron chi connectivity index (χ2n) is 6.17. The zero-order valence-electron chi connectivity index (χ0n) is 14.3. The van der Waals surface area contributed by atoms with Gasteiger partial charge in [-0.15, -0.1) is 11.3 Å². The molecular weight excluding hydrogens is 366 g/mol. The number of aromatic amines is 1. The third kappa shape index (κ3) is 2.49. The van der Waals surface area contributed by atoms with Crippen LogP contribution in [-0.4, -0.2) is 43.1 Å². The van der Waals surface area contributed by atoms with Crippen LogP contribution in [0.3, 0.4) is 0 Å². The molecule has 0 saturated heterocycles. The van der Waals surface area contributed by atoms with Crippen LogP contribution in [0.5, 0.6) is 0 Å². The molecule has 10 heteroatoms. The number of fused-ring (bicyclic) bond motifs is 5. The molecule has 0 aliphatic rings. The minimum atomic E-state index is -0.205. The number of ether oxygens (including phenoxy) is 1. The van der Waals surface area contributed by atoms with Crippen LogP contribution in [-0.2, 0) is 11.3 Å². The van der Waals surface area contributed by atoms with Crippen LogP contribution >= 0.6 is 11.3 Å². The second kappa shape index (κ2) is 5.89. The van der Waals surface area contributed by atoms with E-state index in [-0.39, 0.29) is 5.56 Å². The van der Waals surface area contributed by atoms with Crippen LogP contribution in [0.25, 0.3) is 37.2 Å². The molecule has 0 spiro atoms. The minimum absolute atomic E-state index is 0.205. The van der Waals surface area contributed by atoms with Crippen molar-refractivity contribution in [2.24, 2.45) is 0 Å². The van der Waals surface area contributed by atoms with E-state index in [1.54, 1.807) is 30.1 Å². The third-order valence-corrected chi connectivity index (χ3v) is 5.51. The summed E-state index contributed by atoms with van der Waals surface area (Å²) in [6.45, 7) is 1.28. The number of methoxy groups -OCH3 is 1. The van der Waals surface area contributed by atoms with Crippen LogP contribution in [0, 0.1) is 0 Å². The molecular formula is C17H15N7O2S. The third-order valence-electron chi connectivity index (χ3n) is 4.36. The fourth-order valence-electron chi connectivity index (χ4n) is 3.10. The average Bonchev–Trinajstić information content (AvgIpc) is 3.33. The fourth-order valence-corrected chi connectivity index (χ4v) is 4.16. The quantitative estimate of drug-likeness (QED) is 0.491. The number of nitrogens with one attached hydrogen (secondary N) is 1. The van der Waals surface area contributed by atoms with Crippen molar-refractivity contribution in [3.63, 3.8) is 0 Å². The van der Waals surface area contributed by atoms with Gasteiger partial charge in [0.15, 0.2) is 0 Å². The smallest absolute Gasteiger partial charge is 0.261 e. The molecule has 0 bridgehead atoms. The van der Waals surface area contributed by atoms with Crippen molar-refractivity contribution in [1.29, 1.82) is 0 Å². The molecule has 0 amide bonds. The van der Waals surface area contributed by atoms with Crippen LogP contribution in [0.1, 0.15) is 0 Å². The Labute approximate surface area is 156 Å². The van der Waals surface area contributed by atoms with Crippen molar-refractivity contribution >= 4 is 43.8 Å². The molecule has 0 aromatic carbocycles. The van der Waals surface area contributed by atoms with E-state index in [1.807, 2.05) is 17.1 Å². The molecule has 136 valence electrons. The van der Waals surface area contributed by atoms with Gasteiger partial charge in [-0.25, -0.2) is 4.52 Å². The highest BCUT2D eigenvalue weighted by molar-refractivity contribution is 7.21. The van der Waals surface area contributed by atoms with Gasteiger partial charge in [0.05, 0.1) is 41.6 Å². The van der Waals surface area contributed by atoms with E-state index in [9.17, 15) is 4.79 Å². The van der Waals surface area contributed by atoms with E-state index in [2.05, 4.69) is 20.2 Å². The summed E-state index contributed by atoms with van der Waals surface area (Å²) in [5, 5.41) is 9.46. The Hall–Kier alpha value is -3.24. The predicted molar refractivity (Wildman–Crippen MR) is 104 cm³/mol. The Morgan fingerprint density at radius 1 is 1.30 bits per heavy atom. The zero-order valence-corrected chi connectivity index (χ0v) is 15.2. The summed E-state index contributed by atoms with van der Waals surface area (Å²) in [7, 11) is 1.66. The molecule has 0 fully saturated rings. The van der Waals surface area contributed by atoms with Crippen LogP contribution in [0.2, 0.25) is 0 Å². The number of hydrogen-bond acceptors (Lipinski definition) is 7. The number of nitrogen functional groups attached to an aromatic ring is 1. The standard InChI is InChI=1S/C17H15N7O2S/c1-26-3-2-23-7-9(5-20-23)12-8-24-17(27-12)13-15(22-24)14-11(21-16(13)25)4-10(18)6-19-14/h4-8H,2-3,18H2,1H3,(H,21,25). The van der Waals surface area contributed by atoms with Gasteiger partial charge in [-0.1, -0.05) is 0 Å². The van der Waals surface area contributed by atoms with Crippen LogP contribution in [0.15, 0.2) is 35.6 Å². The molecule has 0 saturated carbocycles. The van der Waals surface area contributed by atoms with Gasteiger partial charge in [-0.3, -0.25) is 14.5 Å².